The van der Waals surface area contributed by atoms with Crippen molar-refractivity contribution in [3.8, 4) is 0 Å². The van der Waals surface area contributed by atoms with Crippen LogP contribution in [0.3, 0.4) is 0 Å². The van der Waals surface area contributed by atoms with Gasteiger partial charge < -0.3 is 15.7 Å². The minimum Gasteiger partial charge on any atom is -0.478 e. The molecule has 1 aromatic heterocycles. The summed E-state index contributed by atoms with van der Waals surface area (Å²) in [7, 11) is 0. The second-order valence-electron chi connectivity index (χ2n) is 4.79. The van der Waals surface area contributed by atoms with E-state index in [1.807, 2.05) is 6.92 Å². The van der Waals surface area contributed by atoms with E-state index in [9.17, 15) is 9.59 Å². The van der Waals surface area contributed by atoms with Gasteiger partial charge in [-0.2, -0.15) is 4.37 Å². The minimum absolute atomic E-state index is 0.0931. The number of carboxylic acids is 1. The Morgan fingerprint density at radius 2 is 2.32 bits per heavy atom. The van der Waals surface area contributed by atoms with Crippen molar-refractivity contribution < 1.29 is 14.7 Å². The maximum absolute atomic E-state index is 12.4. The third kappa shape index (κ3) is 2.48. The molecule has 0 saturated carbocycles. The predicted octanol–water partition coefficient (Wildman–Crippen LogP) is 1.48. The lowest BCUT2D eigenvalue weighted by molar-refractivity contribution is -0.124. The molecule has 2 rings (SSSR count). The number of carbonyl (C=O) groups is 2. The van der Waals surface area contributed by atoms with E-state index < -0.39 is 11.4 Å². The van der Waals surface area contributed by atoms with Crippen LogP contribution in [0, 0.1) is 12.3 Å². The van der Waals surface area contributed by atoms with Crippen LogP contribution in [0.15, 0.2) is 0 Å². The summed E-state index contributed by atoms with van der Waals surface area (Å²) in [6.07, 6.45) is 1.50. The Balaban J connectivity index is 2.22. The highest BCUT2D eigenvalue weighted by atomic mass is 32.1. The number of aromatic carboxylic acids is 1. The first-order valence-corrected chi connectivity index (χ1v) is 6.99. The van der Waals surface area contributed by atoms with Crippen LogP contribution < -0.4 is 10.6 Å². The summed E-state index contributed by atoms with van der Waals surface area (Å²) in [5, 5.41) is 15.4. The van der Waals surface area contributed by atoms with Gasteiger partial charge in [-0.05, 0) is 37.8 Å². The Bertz CT molecular complexity index is 506. The summed E-state index contributed by atoms with van der Waals surface area (Å²) in [6, 6.07) is 0. The van der Waals surface area contributed by atoms with Gasteiger partial charge in [0.1, 0.15) is 10.6 Å². The molecule has 1 atom stereocenters. The van der Waals surface area contributed by atoms with Crippen molar-refractivity contribution in [1.82, 2.24) is 9.69 Å². The summed E-state index contributed by atoms with van der Waals surface area (Å²) < 4.78 is 4.00. The zero-order chi connectivity index (χ0) is 14.0. The number of aryl methyl sites for hydroxylation is 1. The van der Waals surface area contributed by atoms with Crippen LogP contribution in [-0.4, -0.2) is 34.4 Å². The molecule has 1 amide bonds. The molecule has 1 fully saturated rings. The third-order valence-corrected chi connectivity index (χ3v) is 4.56. The van der Waals surface area contributed by atoms with Gasteiger partial charge in [0.2, 0.25) is 5.91 Å². The lowest BCUT2D eigenvalue weighted by atomic mass is 9.83. The Morgan fingerprint density at radius 3 is 2.84 bits per heavy atom. The smallest absolute Gasteiger partial charge is 0.340 e. The Hall–Kier alpha value is -1.47. The summed E-state index contributed by atoms with van der Waals surface area (Å²) in [4.78, 5) is 23.5. The van der Waals surface area contributed by atoms with Crippen molar-refractivity contribution in [3.63, 3.8) is 0 Å². The third-order valence-electron chi connectivity index (χ3n) is 3.71. The molecule has 104 valence electrons. The van der Waals surface area contributed by atoms with Crippen molar-refractivity contribution >= 4 is 28.4 Å². The number of nitrogens with zero attached hydrogens (tertiary/aromatic N) is 1. The first kappa shape index (κ1) is 14.0. The number of hydrogen-bond acceptors (Lipinski definition) is 5. The quantitative estimate of drug-likeness (QED) is 0.778. The van der Waals surface area contributed by atoms with Crippen molar-refractivity contribution in [2.45, 2.75) is 26.7 Å². The minimum atomic E-state index is -1.06. The average molecular weight is 283 g/mol. The number of carboxylic acid groups (broad SMARTS) is 1. The Labute approximate surface area is 115 Å². The van der Waals surface area contributed by atoms with Gasteiger partial charge in [-0.25, -0.2) is 4.79 Å². The molecule has 0 aliphatic carbocycles. The summed E-state index contributed by atoms with van der Waals surface area (Å²) in [5.74, 6) is -1.18. The highest BCUT2D eigenvalue weighted by molar-refractivity contribution is 7.11. The van der Waals surface area contributed by atoms with E-state index in [1.165, 1.54) is 0 Å². The van der Waals surface area contributed by atoms with E-state index in [4.69, 9.17) is 5.11 Å². The number of rotatable bonds is 4. The van der Waals surface area contributed by atoms with Crippen LogP contribution in [-0.2, 0) is 4.79 Å². The molecule has 1 saturated heterocycles. The first-order valence-electron chi connectivity index (χ1n) is 6.22. The fourth-order valence-electron chi connectivity index (χ4n) is 2.34. The molecule has 1 aliphatic heterocycles. The molecule has 6 nitrogen and oxygen atoms in total. The molecule has 19 heavy (non-hydrogen) atoms. The van der Waals surface area contributed by atoms with E-state index in [2.05, 4.69) is 15.0 Å². The molecule has 1 unspecified atom stereocenters. The van der Waals surface area contributed by atoms with E-state index in [-0.39, 0.29) is 11.5 Å². The summed E-state index contributed by atoms with van der Waals surface area (Å²) in [6.45, 7) is 5.05. The Morgan fingerprint density at radius 1 is 1.58 bits per heavy atom. The second kappa shape index (κ2) is 5.26. The molecule has 3 N–H and O–H groups in total. The highest BCUT2D eigenvalue weighted by Crippen LogP contribution is 2.33. The fourth-order valence-corrected chi connectivity index (χ4v) is 3.13. The molecule has 2 heterocycles. The van der Waals surface area contributed by atoms with Gasteiger partial charge in [-0.1, -0.05) is 6.92 Å². The molecular weight excluding hydrogens is 266 g/mol. The number of nitrogens with one attached hydrogen (secondary N) is 2. The topological polar surface area (TPSA) is 91.3 Å². The summed E-state index contributed by atoms with van der Waals surface area (Å²) in [5.41, 5.74) is 0.0895. The standard InChI is InChI=1S/C12H17N3O3S/c1-3-12(4-5-13-6-12)11(18)14-9-8(10(16)17)7(2)15-19-9/h13H,3-6H2,1-2H3,(H,14,18)(H,16,17). The van der Waals surface area contributed by atoms with Crippen LogP contribution in [0.4, 0.5) is 5.00 Å². The molecule has 0 radical (unpaired) electrons. The molecule has 1 aliphatic rings. The van der Waals surface area contributed by atoms with Crippen LogP contribution in [0.5, 0.6) is 0 Å². The molecule has 0 spiro atoms. The maximum atomic E-state index is 12.4. The van der Waals surface area contributed by atoms with Crippen molar-refractivity contribution in [1.29, 1.82) is 0 Å². The monoisotopic (exact) mass is 283 g/mol. The normalized spacial score (nSPS) is 22.4. The first-order chi connectivity index (χ1) is 9.00. The van der Waals surface area contributed by atoms with Crippen molar-refractivity contribution in [2.75, 3.05) is 18.4 Å². The van der Waals surface area contributed by atoms with Gasteiger partial charge >= 0.3 is 5.97 Å². The van der Waals surface area contributed by atoms with Gasteiger partial charge in [-0.15, -0.1) is 0 Å². The number of anilines is 1. The Kier molecular flexibility index (Phi) is 3.86. The average Bonchev–Trinajstić information content (AvgIpc) is 2.97. The second-order valence-corrected chi connectivity index (χ2v) is 5.57. The van der Waals surface area contributed by atoms with Crippen molar-refractivity contribution in [3.05, 3.63) is 11.3 Å². The number of hydrogen-bond donors (Lipinski definition) is 3. The largest absolute Gasteiger partial charge is 0.478 e. The lowest BCUT2D eigenvalue weighted by Crippen LogP contribution is -2.37. The molecule has 7 heteroatoms. The van der Waals surface area contributed by atoms with Crippen LogP contribution >= 0.6 is 11.5 Å². The molecule has 0 bridgehead atoms. The van der Waals surface area contributed by atoms with Crippen LogP contribution in [0.2, 0.25) is 0 Å². The van der Waals surface area contributed by atoms with E-state index in [1.54, 1.807) is 6.92 Å². The van der Waals surface area contributed by atoms with Crippen LogP contribution in [0.25, 0.3) is 0 Å². The van der Waals surface area contributed by atoms with Crippen molar-refractivity contribution in [2.24, 2.45) is 5.41 Å². The molecule has 0 aromatic carbocycles. The van der Waals surface area contributed by atoms with E-state index in [0.717, 1.165) is 30.9 Å². The number of aromatic nitrogens is 1. The van der Waals surface area contributed by atoms with Gasteiger partial charge in [0, 0.05) is 6.54 Å². The SMILES string of the molecule is CCC1(C(=O)Nc2snc(C)c2C(=O)O)CCNC1. The number of carbonyl (C=O) groups excluding carboxylic acids is 1. The molecule has 1 aromatic rings. The van der Waals surface area contributed by atoms with Gasteiger partial charge in [-0.3, -0.25) is 4.79 Å². The molecular formula is C12H17N3O3S. The van der Waals surface area contributed by atoms with Gasteiger partial charge in [0.15, 0.2) is 0 Å². The number of amides is 1. The lowest BCUT2D eigenvalue weighted by Gasteiger charge is -2.24. The highest BCUT2D eigenvalue weighted by Gasteiger charge is 2.40. The summed E-state index contributed by atoms with van der Waals surface area (Å²) >= 11 is 1.02. The zero-order valence-corrected chi connectivity index (χ0v) is 11.8. The van der Waals surface area contributed by atoms with E-state index in [0.29, 0.717) is 17.2 Å². The zero-order valence-electron chi connectivity index (χ0n) is 10.9. The van der Waals surface area contributed by atoms with Crippen LogP contribution in [0.1, 0.15) is 35.8 Å². The fraction of sp³-hybridized carbons (Fsp3) is 0.583. The predicted molar refractivity (Wildman–Crippen MR) is 72.7 cm³/mol. The van der Waals surface area contributed by atoms with Gasteiger partial charge in [0.25, 0.3) is 0 Å². The maximum Gasteiger partial charge on any atom is 0.340 e. The van der Waals surface area contributed by atoms with E-state index >= 15 is 0 Å². The van der Waals surface area contributed by atoms with Gasteiger partial charge in [0.05, 0.1) is 11.1 Å².